The van der Waals surface area contributed by atoms with Gasteiger partial charge in [0.25, 0.3) is 0 Å². The van der Waals surface area contributed by atoms with Gasteiger partial charge in [-0.15, -0.1) is 0 Å². The van der Waals surface area contributed by atoms with E-state index in [9.17, 15) is 9.59 Å². The third kappa shape index (κ3) is 4.45. The first-order valence-electron chi connectivity index (χ1n) is 8.25. The maximum absolute atomic E-state index is 12.2. The maximum atomic E-state index is 12.2. The van der Waals surface area contributed by atoms with Crippen LogP contribution in [0.1, 0.15) is 31.9 Å². The average molecular weight is 360 g/mol. The molecule has 0 unspecified atom stereocenters. The van der Waals surface area contributed by atoms with Gasteiger partial charge in [0.15, 0.2) is 0 Å². The molecule has 2 aromatic carbocycles. The number of aliphatic carboxylic acids is 1. The van der Waals surface area contributed by atoms with Crippen LogP contribution in [-0.2, 0) is 27.2 Å². The normalized spacial score (nSPS) is 11.3. The second kappa shape index (κ2) is 7.64. The standard InChI is InChI=1S/C20H24O6/c1-20(2,3)26-17(23)11-13-7-9-14-15(19(13)25-5)8-6-12(10-16(21)22)18(14)24-4/h6-9H,10-11H2,1-5H3,(H,21,22). The number of benzene rings is 2. The van der Waals surface area contributed by atoms with E-state index in [2.05, 4.69) is 0 Å². The molecule has 0 bridgehead atoms. The number of hydrogen-bond acceptors (Lipinski definition) is 5. The fraction of sp³-hybridized carbons (Fsp3) is 0.400. The first kappa shape index (κ1) is 19.6. The van der Waals surface area contributed by atoms with Crippen LogP contribution >= 0.6 is 0 Å². The molecule has 0 aliphatic heterocycles. The van der Waals surface area contributed by atoms with Crippen molar-refractivity contribution < 1.29 is 28.9 Å². The summed E-state index contributed by atoms with van der Waals surface area (Å²) in [5.41, 5.74) is 0.715. The molecule has 6 heteroatoms. The summed E-state index contributed by atoms with van der Waals surface area (Å²) < 4.78 is 16.3. The predicted molar refractivity (Wildman–Crippen MR) is 97.9 cm³/mol. The van der Waals surface area contributed by atoms with Crippen molar-refractivity contribution in [2.45, 2.75) is 39.2 Å². The number of fused-ring (bicyclic) bond motifs is 1. The molecule has 140 valence electrons. The zero-order valence-electron chi connectivity index (χ0n) is 15.7. The molecule has 0 fully saturated rings. The lowest BCUT2D eigenvalue weighted by Gasteiger charge is -2.20. The van der Waals surface area contributed by atoms with Crippen LogP contribution in [0.3, 0.4) is 0 Å². The highest BCUT2D eigenvalue weighted by Gasteiger charge is 2.20. The van der Waals surface area contributed by atoms with Gasteiger partial charge in [0.2, 0.25) is 0 Å². The first-order chi connectivity index (χ1) is 12.2. The van der Waals surface area contributed by atoms with Crippen molar-refractivity contribution in [2.75, 3.05) is 14.2 Å². The first-order valence-corrected chi connectivity index (χ1v) is 8.25. The predicted octanol–water partition coefficient (Wildman–Crippen LogP) is 3.37. The van der Waals surface area contributed by atoms with Gasteiger partial charge in [-0.1, -0.05) is 24.3 Å². The van der Waals surface area contributed by atoms with Gasteiger partial charge in [-0.2, -0.15) is 0 Å². The van der Waals surface area contributed by atoms with E-state index in [0.717, 1.165) is 10.8 Å². The van der Waals surface area contributed by atoms with Crippen LogP contribution in [0.15, 0.2) is 24.3 Å². The van der Waals surface area contributed by atoms with Gasteiger partial charge < -0.3 is 19.3 Å². The third-order valence-electron chi connectivity index (χ3n) is 3.77. The summed E-state index contributed by atoms with van der Waals surface area (Å²) in [7, 11) is 3.03. The van der Waals surface area contributed by atoms with E-state index in [4.69, 9.17) is 19.3 Å². The highest BCUT2D eigenvalue weighted by Crippen LogP contribution is 2.37. The van der Waals surface area contributed by atoms with E-state index in [1.54, 1.807) is 18.2 Å². The van der Waals surface area contributed by atoms with E-state index in [0.29, 0.717) is 22.6 Å². The molecule has 0 saturated heterocycles. The van der Waals surface area contributed by atoms with E-state index < -0.39 is 11.6 Å². The smallest absolute Gasteiger partial charge is 0.310 e. The molecule has 0 spiro atoms. The molecule has 0 saturated carbocycles. The number of methoxy groups -OCH3 is 2. The highest BCUT2D eigenvalue weighted by molar-refractivity contribution is 5.96. The number of carboxylic acid groups (broad SMARTS) is 1. The topological polar surface area (TPSA) is 82.1 Å². The van der Waals surface area contributed by atoms with E-state index in [-0.39, 0.29) is 18.8 Å². The summed E-state index contributed by atoms with van der Waals surface area (Å²) in [5.74, 6) is -0.235. The molecule has 0 amide bonds. The molecule has 2 aromatic rings. The molecular formula is C20H24O6. The minimum Gasteiger partial charge on any atom is -0.496 e. The summed E-state index contributed by atoms with van der Waals surface area (Å²) in [6.07, 6.45) is -0.0589. The van der Waals surface area contributed by atoms with Crippen LogP contribution in [0.25, 0.3) is 10.8 Å². The van der Waals surface area contributed by atoms with Crippen molar-refractivity contribution in [3.8, 4) is 11.5 Å². The van der Waals surface area contributed by atoms with Crippen LogP contribution in [-0.4, -0.2) is 36.9 Å². The number of carboxylic acids is 1. The average Bonchev–Trinajstić information content (AvgIpc) is 2.52. The Bertz CT molecular complexity index is 832. The Morgan fingerprint density at radius 3 is 1.73 bits per heavy atom. The minimum atomic E-state index is -0.934. The van der Waals surface area contributed by atoms with Gasteiger partial charge in [-0.3, -0.25) is 9.59 Å². The number of hydrogen-bond donors (Lipinski definition) is 1. The van der Waals surface area contributed by atoms with Gasteiger partial charge >= 0.3 is 11.9 Å². The molecule has 0 atom stereocenters. The van der Waals surface area contributed by atoms with Crippen molar-refractivity contribution in [3.63, 3.8) is 0 Å². The molecule has 0 aliphatic carbocycles. The maximum Gasteiger partial charge on any atom is 0.310 e. The van der Waals surface area contributed by atoms with Gasteiger partial charge in [0.05, 0.1) is 27.1 Å². The summed E-state index contributed by atoms with van der Waals surface area (Å²) in [6, 6.07) is 7.07. The van der Waals surface area contributed by atoms with E-state index >= 15 is 0 Å². The van der Waals surface area contributed by atoms with Crippen LogP contribution in [0.2, 0.25) is 0 Å². The molecule has 1 N–H and O–H groups in total. The Morgan fingerprint density at radius 2 is 1.35 bits per heavy atom. The number of carbonyl (C=O) groups is 2. The Kier molecular flexibility index (Phi) is 5.75. The molecule has 26 heavy (non-hydrogen) atoms. The highest BCUT2D eigenvalue weighted by atomic mass is 16.6. The molecule has 0 aromatic heterocycles. The second-order valence-electron chi connectivity index (χ2n) is 6.94. The summed E-state index contributed by atoms with van der Waals surface area (Å²) in [5, 5.41) is 10.5. The summed E-state index contributed by atoms with van der Waals surface area (Å²) >= 11 is 0. The molecule has 0 heterocycles. The van der Waals surface area contributed by atoms with Crippen LogP contribution in [0.4, 0.5) is 0 Å². The van der Waals surface area contributed by atoms with Crippen LogP contribution < -0.4 is 9.47 Å². The monoisotopic (exact) mass is 360 g/mol. The van der Waals surface area contributed by atoms with Gasteiger partial charge in [-0.05, 0) is 20.8 Å². The van der Waals surface area contributed by atoms with Gasteiger partial charge in [0.1, 0.15) is 17.1 Å². The lowest BCUT2D eigenvalue weighted by atomic mass is 9.98. The minimum absolute atomic E-state index is 0.0789. The Hall–Kier alpha value is -2.76. The van der Waals surface area contributed by atoms with E-state index in [1.807, 2.05) is 26.8 Å². The van der Waals surface area contributed by atoms with Crippen molar-refractivity contribution >= 4 is 22.7 Å². The molecule has 0 aliphatic rings. The van der Waals surface area contributed by atoms with Crippen molar-refractivity contribution in [1.82, 2.24) is 0 Å². The van der Waals surface area contributed by atoms with Crippen LogP contribution in [0.5, 0.6) is 11.5 Å². The Labute approximate surface area is 152 Å². The Morgan fingerprint density at radius 1 is 0.885 bits per heavy atom. The lowest BCUT2D eigenvalue weighted by molar-refractivity contribution is -0.154. The van der Waals surface area contributed by atoms with Crippen LogP contribution in [0, 0.1) is 0 Å². The van der Waals surface area contributed by atoms with E-state index in [1.165, 1.54) is 14.2 Å². The summed E-state index contributed by atoms with van der Waals surface area (Å²) in [4.78, 5) is 23.2. The number of ether oxygens (including phenoxy) is 3. The van der Waals surface area contributed by atoms with Gasteiger partial charge in [-0.25, -0.2) is 0 Å². The Balaban J connectivity index is 2.50. The molecule has 2 rings (SSSR count). The quantitative estimate of drug-likeness (QED) is 0.796. The zero-order chi connectivity index (χ0) is 19.5. The molecule has 6 nitrogen and oxygen atoms in total. The largest absolute Gasteiger partial charge is 0.496 e. The second-order valence-corrected chi connectivity index (χ2v) is 6.94. The lowest BCUT2D eigenvalue weighted by Crippen LogP contribution is -2.25. The third-order valence-corrected chi connectivity index (χ3v) is 3.77. The number of carbonyl (C=O) groups excluding carboxylic acids is 1. The molecular weight excluding hydrogens is 336 g/mol. The van der Waals surface area contributed by atoms with Crippen molar-refractivity contribution in [3.05, 3.63) is 35.4 Å². The zero-order valence-corrected chi connectivity index (χ0v) is 15.7. The van der Waals surface area contributed by atoms with Crippen molar-refractivity contribution in [1.29, 1.82) is 0 Å². The number of esters is 1. The fourth-order valence-corrected chi connectivity index (χ4v) is 2.90. The number of rotatable bonds is 6. The molecule has 0 radical (unpaired) electrons. The SMILES string of the molecule is COc1c(CC(=O)O)ccc2c(OC)c(CC(=O)OC(C)(C)C)ccc12. The fourth-order valence-electron chi connectivity index (χ4n) is 2.90. The summed E-state index contributed by atoms with van der Waals surface area (Å²) in [6.45, 7) is 5.45. The van der Waals surface area contributed by atoms with Crippen molar-refractivity contribution in [2.24, 2.45) is 0 Å². The van der Waals surface area contributed by atoms with Gasteiger partial charge in [0, 0.05) is 21.9 Å².